The molecule has 0 unspecified atom stereocenters. The summed E-state index contributed by atoms with van der Waals surface area (Å²) < 4.78 is 0.820. The summed E-state index contributed by atoms with van der Waals surface area (Å²) in [5, 5.41) is 12.4. The van der Waals surface area contributed by atoms with Crippen molar-refractivity contribution < 1.29 is 9.53 Å². The fourth-order valence-electron chi connectivity index (χ4n) is 2.95. The number of hydrogen-bond donors (Lipinski definition) is 0. The van der Waals surface area contributed by atoms with Crippen LogP contribution in [0.4, 0.5) is 5.69 Å². The van der Waals surface area contributed by atoms with Crippen LogP contribution in [0.5, 0.6) is 0 Å². The van der Waals surface area contributed by atoms with Gasteiger partial charge in [0.1, 0.15) is 5.92 Å². The minimum atomic E-state index is -0.368. The van der Waals surface area contributed by atoms with E-state index in [0.717, 1.165) is 15.9 Å². The van der Waals surface area contributed by atoms with Crippen molar-refractivity contribution in [3.05, 3.63) is 70.4 Å². The van der Waals surface area contributed by atoms with Crippen LogP contribution in [-0.4, -0.2) is 16.7 Å². The Morgan fingerprint density at radius 1 is 1.09 bits per heavy atom. The van der Waals surface area contributed by atoms with Gasteiger partial charge in [0, 0.05) is 17.7 Å². The molecule has 0 bridgehead atoms. The zero-order chi connectivity index (χ0) is 16.6. The standard InChI is InChI=1S/C20H21NO2/c1-20(2,3)16-8-10-17(11-9-16)21(23)13-15-12-14-6-4-5-7-18(14)19(15)22/h4-11,13,15H,12H2,1-3H3/b21-13-/t15-/m1/s1. The van der Waals surface area contributed by atoms with Crippen LogP contribution in [0.15, 0.2) is 48.5 Å². The Morgan fingerprint density at radius 2 is 1.74 bits per heavy atom. The van der Waals surface area contributed by atoms with Gasteiger partial charge in [0.25, 0.3) is 0 Å². The molecule has 1 aliphatic rings. The van der Waals surface area contributed by atoms with Gasteiger partial charge in [-0.2, -0.15) is 4.74 Å². The van der Waals surface area contributed by atoms with E-state index in [0.29, 0.717) is 12.1 Å². The van der Waals surface area contributed by atoms with E-state index in [9.17, 15) is 10.0 Å². The second kappa shape index (κ2) is 5.65. The van der Waals surface area contributed by atoms with Gasteiger partial charge in [-0.1, -0.05) is 57.2 Å². The maximum absolute atomic E-state index is 12.4. The number of hydrogen-bond acceptors (Lipinski definition) is 2. The molecular formula is C20H21NO2. The molecule has 0 fully saturated rings. The minimum Gasteiger partial charge on any atom is -0.618 e. The van der Waals surface area contributed by atoms with Crippen LogP contribution >= 0.6 is 0 Å². The zero-order valence-corrected chi connectivity index (χ0v) is 13.7. The SMILES string of the molecule is CC(C)(C)c1ccc(/[N+]([O-])=C/[C@H]2Cc3ccccc3C2=O)cc1. The first-order chi connectivity index (χ1) is 10.9. The van der Waals surface area contributed by atoms with Gasteiger partial charge in [-0.25, -0.2) is 0 Å². The van der Waals surface area contributed by atoms with Gasteiger partial charge in [0.05, 0.1) is 0 Å². The largest absolute Gasteiger partial charge is 0.618 e. The number of carbonyl (C=O) groups excluding carboxylic acids is 1. The molecule has 3 rings (SSSR count). The number of rotatable bonds is 2. The monoisotopic (exact) mass is 307 g/mol. The molecule has 2 aromatic carbocycles. The molecule has 1 aliphatic carbocycles. The van der Waals surface area contributed by atoms with E-state index in [2.05, 4.69) is 20.8 Å². The van der Waals surface area contributed by atoms with Crippen LogP contribution in [0.3, 0.4) is 0 Å². The first-order valence-corrected chi connectivity index (χ1v) is 7.90. The maximum Gasteiger partial charge on any atom is 0.216 e. The molecule has 0 saturated carbocycles. The molecule has 3 heteroatoms. The molecular weight excluding hydrogens is 286 g/mol. The summed E-state index contributed by atoms with van der Waals surface area (Å²) in [6.07, 6.45) is 2.10. The number of Topliss-reactive ketones (excluding diaryl/α,β-unsaturated/α-hetero) is 1. The molecule has 0 N–H and O–H groups in total. The molecule has 0 saturated heterocycles. The molecule has 0 aromatic heterocycles. The van der Waals surface area contributed by atoms with Crippen molar-refractivity contribution in [2.24, 2.45) is 5.92 Å². The molecule has 2 aromatic rings. The fourth-order valence-corrected chi connectivity index (χ4v) is 2.95. The Balaban J connectivity index is 1.83. The summed E-state index contributed by atoms with van der Waals surface area (Å²) in [6, 6.07) is 15.1. The summed E-state index contributed by atoms with van der Waals surface area (Å²) in [4.78, 5) is 12.4. The van der Waals surface area contributed by atoms with Gasteiger partial charge < -0.3 is 5.21 Å². The first-order valence-electron chi connectivity index (χ1n) is 7.90. The molecule has 0 aliphatic heterocycles. The highest BCUT2D eigenvalue weighted by molar-refractivity contribution is 6.09. The van der Waals surface area contributed by atoms with E-state index in [4.69, 9.17) is 0 Å². The fraction of sp³-hybridized carbons (Fsp3) is 0.300. The third-order valence-electron chi connectivity index (χ3n) is 4.36. The Bertz CT molecular complexity index is 767. The highest BCUT2D eigenvalue weighted by atomic mass is 16.5. The summed E-state index contributed by atoms with van der Waals surface area (Å²) in [7, 11) is 0. The van der Waals surface area contributed by atoms with Crippen LogP contribution in [0, 0.1) is 11.1 Å². The average molecular weight is 307 g/mol. The molecule has 118 valence electrons. The maximum atomic E-state index is 12.4. The highest BCUT2D eigenvalue weighted by Gasteiger charge is 2.31. The summed E-state index contributed by atoms with van der Waals surface area (Å²) >= 11 is 0. The average Bonchev–Trinajstić information content (AvgIpc) is 2.83. The molecule has 0 spiro atoms. The third-order valence-corrected chi connectivity index (χ3v) is 4.36. The van der Waals surface area contributed by atoms with E-state index in [1.165, 1.54) is 11.8 Å². The Kier molecular flexibility index (Phi) is 3.80. The minimum absolute atomic E-state index is 0.0350. The lowest BCUT2D eigenvalue weighted by molar-refractivity contribution is -0.357. The van der Waals surface area contributed by atoms with E-state index < -0.39 is 0 Å². The second-order valence-electron chi connectivity index (χ2n) is 7.10. The van der Waals surface area contributed by atoms with Crippen molar-refractivity contribution in [2.75, 3.05) is 0 Å². The number of nitrogens with zero attached hydrogens (tertiary/aromatic N) is 1. The van der Waals surface area contributed by atoms with Crippen molar-refractivity contribution in [3.63, 3.8) is 0 Å². The molecule has 0 heterocycles. The number of fused-ring (bicyclic) bond motifs is 1. The smallest absolute Gasteiger partial charge is 0.216 e. The third kappa shape index (κ3) is 3.04. The van der Waals surface area contributed by atoms with Gasteiger partial charge in [0.2, 0.25) is 5.69 Å². The van der Waals surface area contributed by atoms with Crippen molar-refractivity contribution in [1.29, 1.82) is 0 Å². The highest BCUT2D eigenvalue weighted by Crippen LogP contribution is 2.27. The quantitative estimate of drug-likeness (QED) is 0.360. The van der Waals surface area contributed by atoms with Crippen molar-refractivity contribution in [3.8, 4) is 0 Å². The van der Waals surface area contributed by atoms with Crippen LogP contribution in [0.25, 0.3) is 0 Å². The summed E-state index contributed by atoms with van der Waals surface area (Å²) in [5.41, 5.74) is 3.56. The van der Waals surface area contributed by atoms with E-state index in [-0.39, 0.29) is 17.1 Å². The number of ketones is 1. The summed E-state index contributed by atoms with van der Waals surface area (Å²) in [5.74, 6) is -0.333. The Labute approximate surface area is 136 Å². The number of benzene rings is 2. The predicted octanol–water partition coefficient (Wildman–Crippen LogP) is 4.25. The number of carbonyl (C=O) groups is 1. The Hall–Kier alpha value is -2.42. The van der Waals surface area contributed by atoms with E-state index in [1.807, 2.05) is 48.5 Å². The molecule has 1 atom stereocenters. The molecule has 0 radical (unpaired) electrons. The predicted molar refractivity (Wildman–Crippen MR) is 92.5 cm³/mol. The van der Waals surface area contributed by atoms with Gasteiger partial charge in [-0.3, -0.25) is 4.79 Å². The van der Waals surface area contributed by atoms with Gasteiger partial charge in [-0.15, -0.1) is 0 Å². The lowest BCUT2D eigenvalue weighted by atomic mass is 9.87. The van der Waals surface area contributed by atoms with Crippen molar-refractivity contribution >= 4 is 17.7 Å². The van der Waals surface area contributed by atoms with Gasteiger partial charge in [-0.05, 0) is 23.0 Å². The van der Waals surface area contributed by atoms with E-state index in [1.54, 1.807) is 0 Å². The van der Waals surface area contributed by atoms with Crippen LogP contribution in [-0.2, 0) is 11.8 Å². The van der Waals surface area contributed by atoms with Crippen molar-refractivity contribution in [1.82, 2.24) is 0 Å². The van der Waals surface area contributed by atoms with E-state index >= 15 is 0 Å². The van der Waals surface area contributed by atoms with Crippen LogP contribution in [0.2, 0.25) is 0 Å². The molecule has 0 amide bonds. The Morgan fingerprint density at radius 3 is 2.35 bits per heavy atom. The lowest BCUT2D eigenvalue weighted by Gasteiger charge is -2.18. The zero-order valence-electron chi connectivity index (χ0n) is 13.7. The van der Waals surface area contributed by atoms with Gasteiger partial charge >= 0.3 is 0 Å². The second-order valence-corrected chi connectivity index (χ2v) is 7.10. The first kappa shape index (κ1) is 15.5. The normalized spacial score (nSPS) is 18.1. The van der Waals surface area contributed by atoms with Crippen molar-refractivity contribution in [2.45, 2.75) is 32.6 Å². The summed E-state index contributed by atoms with van der Waals surface area (Å²) in [6.45, 7) is 6.41. The van der Waals surface area contributed by atoms with Crippen LogP contribution in [0.1, 0.15) is 42.3 Å². The lowest BCUT2D eigenvalue weighted by Crippen LogP contribution is -2.16. The molecule has 3 nitrogen and oxygen atoms in total. The molecule has 23 heavy (non-hydrogen) atoms. The van der Waals surface area contributed by atoms with Gasteiger partial charge in [0.15, 0.2) is 12.0 Å². The van der Waals surface area contributed by atoms with Crippen LogP contribution < -0.4 is 0 Å². The topological polar surface area (TPSA) is 43.1 Å².